The lowest BCUT2D eigenvalue weighted by atomic mass is 9.73. The molecular formula is C34H40N2O8. The smallest absolute Gasteiger partial charge is 0.419 e. The molecule has 1 amide bonds. The minimum atomic E-state index is -1.03. The lowest BCUT2D eigenvalue weighted by Gasteiger charge is -2.40. The van der Waals surface area contributed by atoms with Gasteiger partial charge in [-0.2, -0.15) is 0 Å². The van der Waals surface area contributed by atoms with Crippen LogP contribution in [0.5, 0.6) is 5.75 Å². The Kier molecular flexibility index (Phi) is 7.92. The van der Waals surface area contributed by atoms with Crippen molar-refractivity contribution in [2.75, 3.05) is 13.7 Å². The third-order valence-corrected chi connectivity index (χ3v) is 9.38. The van der Waals surface area contributed by atoms with Gasteiger partial charge in [0.2, 0.25) is 0 Å². The second-order valence-corrected chi connectivity index (χ2v) is 13.2. The molecule has 2 fully saturated rings. The number of aromatic nitrogens is 1. The van der Waals surface area contributed by atoms with E-state index < -0.39 is 47.9 Å². The lowest BCUT2D eigenvalue weighted by molar-refractivity contribution is -0.124. The van der Waals surface area contributed by atoms with E-state index >= 15 is 0 Å². The average molecular weight is 605 g/mol. The number of ketones is 1. The Morgan fingerprint density at radius 2 is 1.66 bits per heavy atom. The summed E-state index contributed by atoms with van der Waals surface area (Å²) in [5.74, 6) is -0.544. The monoisotopic (exact) mass is 604 g/mol. The first kappa shape index (κ1) is 30.1. The molecule has 4 unspecified atom stereocenters. The molecule has 1 aromatic heterocycles. The molecule has 0 saturated heterocycles. The van der Waals surface area contributed by atoms with E-state index in [0.29, 0.717) is 36.3 Å². The van der Waals surface area contributed by atoms with Gasteiger partial charge in [-0.05, 0) is 74.6 Å². The molecule has 3 aromatic rings. The fourth-order valence-corrected chi connectivity index (χ4v) is 7.49. The number of carbonyl (C=O) groups excluding carboxylic acids is 3. The van der Waals surface area contributed by atoms with E-state index in [4.69, 9.17) is 14.2 Å². The summed E-state index contributed by atoms with van der Waals surface area (Å²) in [6.45, 7) is 5.83. The summed E-state index contributed by atoms with van der Waals surface area (Å²) in [6.07, 6.45) is -2.01. The topological polar surface area (TPSA) is 128 Å². The molecule has 3 aliphatic rings. The number of methoxy groups -OCH3 is 1. The van der Waals surface area contributed by atoms with Crippen LogP contribution in [0, 0.1) is 17.8 Å². The van der Waals surface area contributed by atoms with Gasteiger partial charge in [-0.25, -0.2) is 14.2 Å². The Balaban J connectivity index is 1.46. The SMILES string of the molecule is COc1ccc2c3c(n(C(=O)OC(C)(C)C)c2c1)[C@@H](CC1C2CC(=O)CC1C(O)C2O)N(C(=O)OCc1ccccc1)CC3. The van der Waals surface area contributed by atoms with Crippen LogP contribution in [-0.2, 0) is 27.3 Å². The van der Waals surface area contributed by atoms with Gasteiger partial charge < -0.3 is 24.4 Å². The largest absolute Gasteiger partial charge is 0.497 e. The second-order valence-electron chi connectivity index (χ2n) is 13.2. The van der Waals surface area contributed by atoms with Crippen molar-refractivity contribution in [1.82, 2.24) is 9.47 Å². The number of hydrogen-bond acceptors (Lipinski definition) is 8. The summed E-state index contributed by atoms with van der Waals surface area (Å²) >= 11 is 0. The van der Waals surface area contributed by atoms with Gasteiger partial charge in [-0.3, -0.25) is 9.69 Å². The van der Waals surface area contributed by atoms with Gasteiger partial charge in [0, 0.05) is 30.8 Å². The van der Waals surface area contributed by atoms with E-state index in [-0.39, 0.29) is 31.1 Å². The number of hydrogen-bond donors (Lipinski definition) is 2. The zero-order valence-corrected chi connectivity index (χ0v) is 25.6. The zero-order chi connectivity index (χ0) is 31.3. The standard InChI is InChI=1S/C34H40N2O8/c1-34(2,3)44-33(41)36-27-16-21(42-4)10-11-22(27)23-12-13-35(32(40)43-18-19-8-6-5-7-9-19)28(29(23)36)17-24-25-14-20(37)15-26(24)31(39)30(25)38/h5-11,16,24-26,28,30-31,38-39H,12-15,17-18H2,1-4H3/t24?,25?,26?,28-,30?,31?/m1/s1. The molecule has 1 aliphatic heterocycles. The first-order valence-electron chi connectivity index (χ1n) is 15.3. The Hall–Kier alpha value is -3.89. The Bertz CT molecular complexity index is 1560. The van der Waals surface area contributed by atoms with Gasteiger partial charge in [-0.1, -0.05) is 30.3 Å². The van der Waals surface area contributed by atoms with Crippen LogP contribution in [0.4, 0.5) is 9.59 Å². The third kappa shape index (κ3) is 5.45. The number of rotatable bonds is 5. The van der Waals surface area contributed by atoms with Crippen molar-refractivity contribution in [3.05, 3.63) is 65.4 Å². The molecule has 2 heterocycles. The Labute approximate surface area is 256 Å². The summed E-state index contributed by atoms with van der Waals surface area (Å²) in [5.41, 5.74) is 2.21. The van der Waals surface area contributed by atoms with Crippen LogP contribution in [0.15, 0.2) is 48.5 Å². The van der Waals surface area contributed by atoms with Crippen LogP contribution >= 0.6 is 0 Å². The molecule has 6 rings (SSSR count). The summed E-state index contributed by atoms with van der Waals surface area (Å²) in [4.78, 5) is 41.9. The molecule has 2 saturated carbocycles. The number of ether oxygens (including phenoxy) is 3. The van der Waals surface area contributed by atoms with Gasteiger partial charge in [0.15, 0.2) is 0 Å². The molecule has 0 spiro atoms. The number of benzene rings is 2. The third-order valence-electron chi connectivity index (χ3n) is 9.38. The van der Waals surface area contributed by atoms with Gasteiger partial charge in [0.05, 0.1) is 36.6 Å². The highest BCUT2D eigenvalue weighted by molar-refractivity contribution is 5.95. The van der Waals surface area contributed by atoms with Crippen molar-refractivity contribution < 1.29 is 38.8 Å². The van der Waals surface area contributed by atoms with Crippen molar-refractivity contribution in [1.29, 1.82) is 0 Å². The fraction of sp³-hybridized carbons (Fsp3) is 0.500. The molecule has 2 bridgehead atoms. The number of aliphatic hydroxyl groups is 2. The van der Waals surface area contributed by atoms with E-state index in [1.165, 1.54) is 0 Å². The minimum absolute atomic E-state index is 0.0188. The Morgan fingerprint density at radius 3 is 2.30 bits per heavy atom. The van der Waals surface area contributed by atoms with Crippen LogP contribution < -0.4 is 4.74 Å². The van der Waals surface area contributed by atoms with E-state index in [0.717, 1.165) is 16.5 Å². The Morgan fingerprint density at radius 1 is 0.977 bits per heavy atom. The number of nitrogens with zero attached hydrogens (tertiary/aromatic N) is 2. The predicted octanol–water partition coefficient (Wildman–Crippen LogP) is 5.01. The second kappa shape index (κ2) is 11.6. The first-order valence-corrected chi connectivity index (χ1v) is 15.3. The maximum Gasteiger partial charge on any atom is 0.419 e. The van der Waals surface area contributed by atoms with Gasteiger partial charge in [-0.15, -0.1) is 0 Å². The normalized spacial score (nSPS) is 26.4. The lowest BCUT2D eigenvalue weighted by Crippen LogP contribution is -2.44. The molecule has 234 valence electrons. The van der Waals surface area contributed by atoms with Crippen molar-refractivity contribution >= 4 is 28.9 Å². The number of amides is 1. The molecule has 2 aromatic carbocycles. The van der Waals surface area contributed by atoms with Gasteiger partial charge >= 0.3 is 12.2 Å². The van der Waals surface area contributed by atoms with Crippen molar-refractivity contribution in [2.45, 2.75) is 76.9 Å². The van der Waals surface area contributed by atoms with Crippen LogP contribution in [0.2, 0.25) is 0 Å². The number of Topliss-reactive ketones (excluding diaryl/α,β-unsaturated/α-hetero) is 1. The van der Waals surface area contributed by atoms with Gasteiger partial charge in [0.1, 0.15) is 23.7 Å². The summed E-state index contributed by atoms with van der Waals surface area (Å²) in [5, 5.41) is 22.7. The number of fused-ring (bicyclic) bond motifs is 5. The predicted molar refractivity (Wildman–Crippen MR) is 161 cm³/mol. The molecular weight excluding hydrogens is 564 g/mol. The molecule has 2 N–H and O–H groups in total. The van der Waals surface area contributed by atoms with Crippen LogP contribution in [0.1, 0.15) is 62.9 Å². The maximum atomic E-state index is 14.0. The summed E-state index contributed by atoms with van der Waals surface area (Å²) < 4.78 is 18.8. The van der Waals surface area contributed by atoms with E-state index in [1.807, 2.05) is 42.5 Å². The van der Waals surface area contributed by atoms with Crippen LogP contribution in [-0.4, -0.2) is 69.1 Å². The molecule has 10 heteroatoms. The molecule has 44 heavy (non-hydrogen) atoms. The summed E-state index contributed by atoms with van der Waals surface area (Å²) in [6, 6.07) is 14.3. The maximum absolute atomic E-state index is 14.0. The minimum Gasteiger partial charge on any atom is -0.497 e. The first-order chi connectivity index (χ1) is 21.0. The van der Waals surface area contributed by atoms with E-state index in [2.05, 4.69) is 0 Å². The van der Waals surface area contributed by atoms with Gasteiger partial charge in [0.25, 0.3) is 0 Å². The fourth-order valence-electron chi connectivity index (χ4n) is 7.49. The molecule has 0 radical (unpaired) electrons. The average Bonchev–Trinajstić information content (AvgIpc) is 3.39. The highest BCUT2D eigenvalue weighted by Gasteiger charge is 2.55. The van der Waals surface area contributed by atoms with Crippen molar-refractivity contribution in [3.8, 4) is 5.75 Å². The highest BCUT2D eigenvalue weighted by atomic mass is 16.6. The van der Waals surface area contributed by atoms with E-state index in [9.17, 15) is 24.6 Å². The quantitative estimate of drug-likeness (QED) is 0.416. The molecule has 2 aliphatic carbocycles. The molecule has 5 atom stereocenters. The zero-order valence-electron chi connectivity index (χ0n) is 25.6. The van der Waals surface area contributed by atoms with Crippen LogP contribution in [0.3, 0.4) is 0 Å². The van der Waals surface area contributed by atoms with Crippen LogP contribution in [0.25, 0.3) is 10.9 Å². The number of carbonyl (C=O) groups is 3. The highest BCUT2D eigenvalue weighted by Crippen LogP contribution is 2.52. The molecule has 10 nitrogen and oxygen atoms in total. The number of aliphatic hydroxyl groups excluding tert-OH is 2. The van der Waals surface area contributed by atoms with E-state index in [1.54, 1.807) is 43.4 Å². The summed E-state index contributed by atoms with van der Waals surface area (Å²) in [7, 11) is 1.56. The van der Waals surface area contributed by atoms with Crippen molar-refractivity contribution in [3.63, 3.8) is 0 Å². The van der Waals surface area contributed by atoms with Crippen molar-refractivity contribution in [2.24, 2.45) is 17.8 Å².